The number of hydrogen-bond donors (Lipinski definition) is 1. The number of aryl methyl sites for hydroxylation is 2. The largest absolute Gasteiger partial charge is 0.350 e. The molecular formula is C25H34FN3O4S. The van der Waals surface area contributed by atoms with Crippen LogP contribution in [0.3, 0.4) is 0 Å². The molecule has 2 amide bonds. The second kappa shape index (κ2) is 10.5. The van der Waals surface area contributed by atoms with Crippen molar-refractivity contribution >= 4 is 27.5 Å². The Bertz CT molecular complexity index is 1160. The van der Waals surface area contributed by atoms with Crippen molar-refractivity contribution in [3.05, 3.63) is 65.0 Å². The first-order valence-corrected chi connectivity index (χ1v) is 12.8. The average molecular weight is 492 g/mol. The van der Waals surface area contributed by atoms with Crippen LogP contribution in [0.25, 0.3) is 0 Å². The lowest BCUT2D eigenvalue weighted by atomic mass is 10.1. The van der Waals surface area contributed by atoms with E-state index in [9.17, 15) is 22.4 Å². The van der Waals surface area contributed by atoms with Crippen molar-refractivity contribution in [1.82, 2.24) is 10.2 Å². The highest BCUT2D eigenvalue weighted by Crippen LogP contribution is 2.24. The van der Waals surface area contributed by atoms with Crippen molar-refractivity contribution in [2.75, 3.05) is 17.1 Å². The minimum Gasteiger partial charge on any atom is -0.350 e. The molecule has 186 valence electrons. The maximum absolute atomic E-state index is 14.4. The van der Waals surface area contributed by atoms with Gasteiger partial charge in [0.1, 0.15) is 18.4 Å². The van der Waals surface area contributed by atoms with E-state index in [4.69, 9.17) is 0 Å². The lowest BCUT2D eigenvalue weighted by Crippen LogP contribution is -2.54. The normalized spacial score (nSPS) is 12.7. The second-order valence-corrected chi connectivity index (χ2v) is 11.5. The summed E-state index contributed by atoms with van der Waals surface area (Å²) in [6.07, 6.45) is 1.02. The van der Waals surface area contributed by atoms with Crippen LogP contribution in [0.15, 0.2) is 42.5 Å². The third kappa shape index (κ3) is 7.28. The molecule has 0 aromatic heterocycles. The molecule has 0 unspecified atom stereocenters. The van der Waals surface area contributed by atoms with Crippen LogP contribution in [0.4, 0.5) is 10.1 Å². The number of rotatable bonds is 8. The number of carbonyl (C=O) groups excluding carboxylic acids is 2. The summed E-state index contributed by atoms with van der Waals surface area (Å²) in [6.45, 7) is 9.92. The zero-order chi connectivity index (χ0) is 25.8. The van der Waals surface area contributed by atoms with Crippen molar-refractivity contribution < 1.29 is 22.4 Å². The standard InChI is InChI=1S/C25H34FN3O4S/c1-17-12-13-22(18(2)14-17)29(34(7,32)33)16-23(30)28(15-20-10-8-9-11-21(20)26)19(3)24(31)27-25(4,5)6/h8-14,19H,15-16H2,1-7H3,(H,27,31)/t19-/m1/s1. The summed E-state index contributed by atoms with van der Waals surface area (Å²) < 4.78 is 40.7. The first-order chi connectivity index (χ1) is 15.6. The van der Waals surface area contributed by atoms with Crippen molar-refractivity contribution in [1.29, 1.82) is 0 Å². The molecule has 0 aliphatic carbocycles. The molecule has 0 saturated carbocycles. The van der Waals surface area contributed by atoms with Crippen LogP contribution in [0.5, 0.6) is 0 Å². The van der Waals surface area contributed by atoms with E-state index < -0.39 is 45.8 Å². The molecule has 0 fully saturated rings. The molecule has 1 atom stereocenters. The van der Waals surface area contributed by atoms with Gasteiger partial charge < -0.3 is 10.2 Å². The predicted molar refractivity (Wildman–Crippen MR) is 132 cm³/mol. The molecule has 0 spiro atoms. The quantitative estimate of drug-likeness (QED) is 0.612. The molecule has 1 N–H and O–H groups in total. The Kier molecular flexibility index (Phi) is 8.47. The first kappa shape index (κ1) is 27.3. The first-order valence-electron chi connectivity index (χ1n) is 11.0. The summed E-state index contributed by atoms with van der Waals surface area (Å²) in [4.78, 5) is 27.6. The number of anilines is 1. The highest BCUT2D eigenvalue weighted by molar-refractivity contribution is 7.92. The number of benzene rings is 2. The Balaban J connectivity index is 2.45. The summed E-state index contributed by atoms with van der Waals surface area (Å²) in [5.41, 5.74) is 1.70. The summed E-state index contributed by atoms with van der Waals surface area (Å²) in [5, 5.41) is 2.83. The Morgan fingerprint density at radius 3 is 2.24 bits per heavy atom. The fraction of sp³-hybridized carbons (Fsp3) is 0.440. The minimum absolute atomic E-state index is 0.186. The van der Waals surface area contributed by atoms with Gasteiger partial charge in [-0.1, -0.05) is 35.9 Å². The van der Waals surface area contributed by atoms with E-state index in [0.717, 1.165) is 16.1 Å². The molecule has 0 radical (unpaired) electrons. The van der Waals surface area contributed by atoms with Crippen LogP contribution < -0.4 is 9.62 Å². The van der Waals surface area contributed by atoms with Gasteiger partial charge in [-0.05, 0) is 59.2 Å². The number of carbonyl (C=O) groups is 2. The molecule has 2 aromatic rings. The van der Waals surface area contributed by atoms with E-state index in [-0.39, 0.29) is 12.1 Å². The molecule has 2 aromatic carbocycles. The zero-order valence-corrected chi connectivity index (χ0v) is 21.7. The smallest absolute Gasteiger partial charge is 0.244 e. The predicted octanol–water partition coefficient (Wildman–Crippen LogP) is 3.54. The third-order valence-corrected chi connectivity index (χ3v) is 6.39. The van der Waals surface area contributed by atoms with Crippen LogP contribution in [0.2, 0.25) is 0 Å². The van der Waals surface area contributed by atoms with Gasteiger partial charge >= 0.3 is 0 Å². The number of nitrogens with zero attached hydrogens (tertiary/aromatic N) is 2. The van der Waals surface area contributed by atoms with Crippen molar-refractivity contribution in [2.45, 2.75) is 59.7 Å². The summed E-state index contributed by atoms with van der Waals surface area (Å²) in [6, 6.07) is 10.3. The molecule has 0 saturated heterocycles. The van der Waals surface area contributed by atoms with Crippen LogP contribution in [-0.4, -0.2) is 49.5 Å². The molecule has 34 heavy (non-hydrogen) atoms. The van der Waals surface area contributed by atoms with Gasteiger partial charge in [0.25, 0.3) is 0 Å². The summed E-state index contributed by atoms with van der Waals surface area (Å²) >= 11 is 0. The van der Waals surface area contributed by atoms with Gasteiger partial charge in [-0.15, -0.1) is 0 Å². The summed E-state index contributed by atoms with van der Waals surface area (Å²) in [5.74, 6) is -1.56. The van der Waals surface area contributed by atoms with E-state index in [1.165, 1.54) is 23.1 Å². The van der Waals surface area contributed by atoms with Gasteiger partial charge in [0.2, 0.25) is 21.8 Å². The van der Waals surface area contributed by atoms with Crippen LogP contribution >= 0.6 is 0 Å². The van der Waals surface area contributed by atoms with Gasteiger partial charge in [0.05, 0.1) is 11.9 Å². The van der Waals surface area contributed by atoms with Crippen molar-refractivity contribution in [3.63, 3.8) is 0 Å². The van der Waals surface area contributed by atoms with E-state index in [1.54, 1.807) is 32.0 Å². The third-order valence-electron chi connectivity index (χ3n) is 5.26. The van der Waals surface area contributed by atoms with Gasteiger partial charge in [-0.3, -0.25) is 13.9 Å². The molecule has 0 heterocycles. The Morgan fingerprint density at radius 1 is 1.09 bits per heavy atom. The SMILES string of the molecule is Cc1ccc(N(CC(=O)N(Cc2ccccc2F)[C@H](C)C(=O)NC(C)(C)C)S(C)(=O)=O)c(C)c1. The maximum atomic E-state index is 14.4. The Morgan fingerprint density at radius 2 is 1.71 bits per heavy atom. The minimum atomic E-state index is -3.83. The molecule has 0 bridgehead atoms. The molecule has 2 rings (SSSR count). The van der Waals surface area contributed by atoms with Crippen LogP contribution in [-0.2, 0) is 26.2 Å². The molecular weight excluding hydrogens is 457 g/mol. The number of halogens is 1. The highest BCUT2D eigenvalue weighted by Gasteiger charge is 2.32. The van der Waals surface area contributed by atoms with Gasteiger partial charge in [-0.25, -0.2) is 12.8 Å². The number of amides is 2. The van der Waals surface area contributed by atoms with E-state index in [0.29, 0.717) is 11.3 Å². The lowest BCUT2D eigenvalue weighted by Gasteiger charge is -2.33. The van der Waals surface area contributed by atoms with Crippen LogP contribution in [0.1, 0.15) is 44.4 Å². The van der Waals surface area contributed by atoms with Crippen LogP contribution in [0, 0.1) is 19.7 Å². The van der Waals surface area contributed by atoms with E-state index in [2.05, 4.69) is 5.32 Å². The van der Waals surface area contributed by atoms with Gasteiger partial charge in [-0.2, -0.15) is 0 Å². The number of sulfonamides is 1. The number of nitrogens with one attached hydrogen (secondary N) is 1. The van der Waals surface area contributed by atoms with Gasteiger partial charge in [0.15, 0.2) is 0 Å². The molecule has 0 aliphatic heterocycles. The molecule has 7 nitrogen and oxygen atoms in total. The van der Waals surface area contributed by atoms with E-state index >= 15 is 0 Å². The van der Waals surface area contributed by atoms with E-state index in [1.807, 2.05) is 33.8 Å². The summed E-state index contributed by atoms with van der Waals surface area (Å²) in [7, 11) is -3.83. The Labute approximate surface area is 202 Å². The Hall–Kier alpha value is -2.94. The van der Waals surface area contributed by atoms with Crippen molar-refractivity contribution in [3.8, 4) is 0 Å². The fourth-order valence-corrected chi connectivity index (χ4v) is 4.45. The highest BCUT2D eigenvalue weighted by atomic mass is 32.2. The molecule has 9 heteroatoms. The average Bonchev–Trinajstić information content (AvgIpc) is 2.69. The zero-order valence-electron chi connectivity index (χ0n) is 20.8. The number of hydrogen-bond acceptors (Lipinski definition) is 4. The lowest BCUT2D eigenvalue weighted by molar-refractivity contribution is -0.140. The fourth-order valence-electron chi connectivity index (χ4n) is 3.55. The monoisotopic (exact) mass is 491 g/mol. The van der Waals surface area contributed by atoms with Crippen molar-refractivity contribution in [2.24, 2.45) is 0 Å². The topological polar surface area (TPSA) is 86.8 Å². The maximum Gasteiger partial charge on any atom is 0.244 e. The van der Waals surface area contributed by atoms with Gasteiger partial charge in [0, 0.05) is 17.6 Å². The second-order valence-electron chi connectivity index (χ2n) is 9.59. The molecule has 0 aliphatic rings.